The van der Waals surface area contributed by atoms with Crippen molar-refractivity contribution in [3.8, 4) is 5.75 Å². The molecule has 1 aliphatic heterocycles. The number of esters is 1. The Morgan fingerprint density at radius 1 is 1.24 bits per heavy atom. The van der Waals surface area contributed by atoms with Crippen LogP contribution >= 0.6 is 0 Å². The first-order valence-corrected chi connectivity index (χ1v) is 8.11. The van der Waals surface area contributed by atoms with Crippen molar-refractivity contribution in [3.05, 3.63) is 59.6 Å². The average molecular weight is 341 g/mol. The van der Waals surface area contributed by atoms with Crippen LogP contribution < -0.4 is 10.1 Å². The number of hydrogen-bond donors (Lipinski definition) is 1. The summed E-state index contributed by atoms with van der Waals surface area (Å²) in [6.45, 7) is 2.16. The van der Waals surface area contributed by atoms with Crippen LogP contribution in [-0.4, -0.2) is 24.6 Å². The lowest BCUT2D eigenvalue weighted by molar-refractivity contribution is -0.152. The highest BCUT2D eigenvalue weighted by Gasteiger charge is 2.25. The molecule has 0 bridgehead atoms. The van der Waals surface area contributed by atoms with Crippen molar-refractivity contribution >= 4 is 18.0 Å². The quantitative estimate of drug-likeness (QED) is 0.818. The topological polar surface area (TPSA) is 77.8 Å². The molecule has 1 aromatic carbocycles. The van der Waals surface area contributed by atoms with Crippen molar-refractivity contribution in [1.29, 1.82) is 0 Å². The molecule has 25 heavy (non-hydrogen) atoms. The number of furan rings is 1. The molecule has 0 saturated heterocycles. The highest BCUT2D eigenvalue weighted by molar-refractivity contribution is 5.96. The molecule has 0 spiro atoms. The fourth-order valence-corrected chi connectivity index (χ4v) is 2.46. The fourth-order valence-electron chi connectivity index (χ4n) is 2.46. The lowest BCUT2D eigenvalue weighted by Crippen LogP contribution is -2.37. The van der Waals surface area contributed by atoms with E-state index in [0.29, 0.717) is 17.8 Å². The first-order valence-electron chi connectivity index (χ1n) is 8.11. The Morgan fingerprint density at radius 3 is 2.84 bits per heavy atom. The van der Waals surface area contributed by atoms with Gasteiger partial charge in [-0.3, -0.25) is 4.79 Å². The van der Waals surface area contributed by atoms with Crippen molar-refractivity contribution in [2.75, 3.05) is 6.61 Å². The van der Waals surface area contributed by atoms with E-state index in [9.17, 15) is 9.59 Å². The number of ether oxygens (including phenoxy) is 2. The van der Waals surface area contributed by atoms with Gasteiger partial charge in [0.15, 0.2) is 6.10 Å². The van der Waals surface area contributed by atoms with Crippen LogP contribution in [0.5, 0.6) is 5.75 Å². The normalized spacial score (nSPS) is 13.9. The Morgan fingerprint density at radius 2 is 2.08 bits per heavy atom. The third-order valence-electron chi connectivity index (χ3n) is 3.82. The summed E-state index contributed by atoms with van der Waals surface area (Å²) in [6.07, 6.45) is 2.78. The largest absolute Gasteiger partial charge is 0.488 e. The van der Waals surface area contributed by atoms with Crippen molar-refractivity contribution in [3.63, 3.8) is 0 Å². The molecule has 1 atom stereocenters. The summed E-state index contributed by atoms with van der Waals surface area (Å²) in [5.74, 6) is 0.455. The first-order chi connectivity index (χ1) is 12.2. The van der Waals surface area contributed by atoms with E-state index in [2.05, 4.69) is 5.32 Å². The third-order valence-corrected chi connectivity index (χ3v) is 3.82. The SMILES string of the molecule is CC[C@H](OC(=O)C1=Cc2ccccc2OC1)C(=O)NCc1ccco1. The molecule has 6 nitrogen and oxygen atoms in total. The molecule has 0 fully saturated rings. The van der Waals surface area contributed by atoms with Crippen LogP contribution in [0.3, 0.4) is 0 Å². The number of nitrogens with one attached hydrogen (secondary N) is 1. The first kappa shape index (κ1) is 16.8. The molecule has 2 heterocycles. The number of benzene rings is 1. The van der Waals surface area contributed by atoms with Crippen molar-refractivity contribution < 1.29 is 23.5 Å². The van der Waals surface area contributed by atoms with Gasteiger partial charge in [0.1, 0.15) is 18.1 Å². The molecular weight excluding hydrogens is 322 g/mol. The van der Waals surface area contributed by atoms with Gasteiger partial charge in [0.05, 0.1) is 18.4 Å². The number of amides is 1. The zero-order valence-electron chi connectivity index (χ0n) is 13.9. The maximum atomic E-state index is 12.3. The molecule has 0 saturated carbocycles. The predicted molar refractivity (Wildman–Crippen MR) is 90.6 cm³/mol. The fraction of sp³-hybridized carbons (Fsp3) is 0.263. The van der Waals surface area contributed by atoms with Gasteiger partial charge < -0.3 is 19.2 Å². The van der Waals surface area contributed by atoms with Gasteiger partial charge in [-0.2, -0.15) is 0 Å². The van der Waals surface area contributed by atoms with E-state index in [1.54, 1.807) is 25.1 Å². The van der Waals surface area contributed by atoms with Crippen LogP contribution in [0.1, 0.15) is 24.7 Å². The van der Waals surface area contributed by atoms with Crippen LogP contribution in [0.2, 0.25) is 0 Å². The molecule has 2 aromatic rings. The van der Waals surface area contributed by atoms with Gasteiger partial charge in [-0.05, 0) is 30.7 Å². The summed E-state index contributed by atoms with van der Waals surface area (Å²) in [5, 5.41) is 2.70. The van der Waals surface area contributed by atoms with Crippen LogP contribution in [0.4, 0.5) is 0 Å². The predicted octanol–water partition coefficient (Wildman–Crippen LogP) is 2.69. The summed E-state index contributed by atoms with van der Waals surface area (Å²) in [6, 6.07) is 10.9. The molecule has 1 N–H and O–H groups in total. The maximum absolute atomic E-state index is 12.3. The number of carbonyl (C=O) groups excluding carboxylic acids is 2. The molecule has 130 valence electrons. The molecule has 3 rings (SSSR count). The van der Waals surface area contributed by atoms with E-state index < -0.39 is 12.1 Å². The average Bonchev–Trinajstić information content (AvgIpc) is 3.17. The van der Waals surface area contributed by atoms with E-state index >= 15 is 0 Å². The summed E-state index contributed by atoms with van der Waals surface area (Å²) >= 11 is 0. The molecular formula is C19H19NO5. The van der Waals surface area contributed by atoms with Gasteiger partial charge in [-0.25, -0.2) is 4.79 Å². The standard InChI is InChI=1S/C19H19NO5/c1-2-16(18(21)20-11-15-7-5-9-23-15)25-19(22)14-10-13-6-3-4-8-17(13)24-12-14/h3-10,16H,2,11-12H2,1H3,(H,20,21)/t16-/m0/s1. The summed E-state index contributed by atoms with van der Waals surface area (Å²) in [7, 11) is 0. The Labute approximate surface area is 145 Å². The lowest BCUT2D eigenvalue weighted by atomic mass is 10.1. The van der Waals surface area contributed by atoms with Crippen molar-refractivity contribution in [2.24, 2.45) is 0 Å². The maximum Gasteiger partial charge on any atom is 0.338 e. The number of para-hydroxylation sites is 1. The number of hydrogen-bond acceptors (Lipinski definition) is 5. The minimum Gasteiger partial charge on any atom is -0.488 e. The van der Waals surface area contributed by atoms with Gasteiger partial charge in [0.2, 0.25) is 0 Å². The van der Waals surface area contributed by atoms with E-state index in [1.165, 1.54) is 6.26 Å². The van der Waals surface area contributed by atoms with E-state index in [0.717, 1.165) is 11.3 Å². The van der Waals surface area contributed by atoms with Crippen LogP contribution in [-0.2, 0) is 20.9 Å². The second-order valence-electron chi connectivity index (χ2n) is 5.60. The van der Waals surface area contributed by atoms with Gasteiger partial charge in [0.25, 0.3) is 5.91 Å². The van der Waals surface area contributed by atoms with Crippen LogP contribution in [0, 0.1) is 0 Å². The second-order valence-corrected chi connectivity index (χ2v) is 5.60. The Bertz CT molecular complexity index is 779. The molecule has 1 aliphatic rings. The van der Waals surface area contributed by atoms with Gasteiger partial charge in [0, 0.05) is 5.56 Å². The molecule has 1 aromatic heterocycles. The number of carbonyl (C=O) groups is 2. The molecule has 6 heteroatoms. The van der Waals surface area contributed by atoms with E-state index in [1.807, 2.05) is 24.3 Å². The monoisotopic (exact) mass is 341 g/mol. The van der Waals surface area contributed by atoms with E-state index in [4.69, 9.17) is 13.9 Å². The lowest BCUT2D eigenvalue weighted by Gasteiger charge is -2.20. The van der Waals surface area contributed by atoms with Gasteiger partial charge >= 0.3 is 5.97 Å². The summed E-state index contributed by atoms with van der Waals surface area (Å²) < 4.78 is 16.1. The summed E-state index contributed by atoms with van der Waals surface area (Å²) in [4.78, 5) is 24.6. The van der Waals surface area contributed by atoms with Crippen molar-refractivity contribution in [1.82, 2.24) is 5.32 Å². The molecule has 0 unspecified atom stereocenters. The second kappa shape index (κ2) is 7.70. The molecule has 0 aliphatic carbocycles. The summed E-state index contributed by atoms with van der Waals surface area (Å²) in [5.41, 5.74) is 1.20. The Kier molecular flexibility index (Phi) is 5.18. The van der Waals surface area contributed by atoms with E-state index in [-0.39, 0.29) is 19.1 Å². The van der Waals surface area contributed by atoms with Gasteiger partial charge in [-0.15, -0.1) is 0 Å². The Balaban J connectivity index is 1.60. The molecule has 0 radical (unpaired) electrons. The minimum absolute atomic E-state index is 0.125. The highest BCUT2D eigenvalue weighted by atomic mass is 16.6. The smallest absolute Gasteiger partial charge is 0.338 e. The van der Waals surface area contributed by atoms with Crippen LogP contribution in [0.25, 0.3) is 6.08 Å². The molecule has 1 amide bonds. The minimum atomic E-state index is -0.861. The number of fused-ring (bicyclic) bond motifs is 1. The number of rotatable bonds is 6. The third kappa shape index (κ3) is 4.09. The van der Waals surface area contributed by atoms with Crippen molar-refractivity contribution in [2.45, 2.75) is 26.0 Å². The highest BCUT2D eigenvalue weighted by Crippen LogP contribution is 2.26. The van der Waals surface area contributed by atoms with Gasteiger partial charge in [-0.1, -0.05) is 25.1 Å². The zero-order valence-corrected chi connectivity index (χ0v) is 13.9. The van der Waals surface area contributed by atoms with Crippen LogP contribution in [0.15, 0.2) is 52.7 Å². The Hall–Kier alpha value is -3.02. The zero-order chi connectivity index (χ0) is 17.6.